The summed E-state index contributed by atoms with van der Waals surface area (Å²) in [6.07, 6.45) is 4.80. The van der Waals surface area contributed by atoms with Gasteiger partial charge in [0.25, 0.3) is 0 Å². The molecule has 0 amide bonds. The molecule has 6 heteroatoms. The van der Waals surface area contributed by atoms with Gasteiger partial charge in [-0.3, -0.25) is 0 Å². The molecule has 2 atom stereocenters. The van der Waals surface area contributed by atoms with Crippen molar-refractivity contribution in [3.05, 3.63) is 118 Å². The molecular formula is C38H43Cl2GeN2Zr. The Morgan fingerprint density at radius 1 is 0.591 bits per heavy atom. The van der Waals surface area contributed by atoms with Crippen LogP contribution in [0, 0.1) is 0 Å². The van der Waals surface area contributed by atoms with Gasteiger partial charge in [0.2, 0.25) is 0 Å². The third-order valence-corrected chi connectivity index (χ3v) is 92.4. The van der Waals surface area contributed by atoms with Crippen LogP contribution in [0.5, 0.6) is 0 Å². The van der Waals surface area contributed by atoms with E-state index in [0.29, 0.717) is 0 Å². The molecule has 0 aromatic heterocycles. The molecule has 227 valence electrons. The number of nitrogens with zero attached hydrogens (tertiary/aromatic N) is 2. The van der Waals surface area contributed by atoms with Gasteiger partial charge >= 0.3 is 276 Å². The summed E-state index contributed by atoms with van der Waals surface area (Å²) < 4.78 is 0.207. The van der Waals surface area contributed by atoms with Crippen LogP contribution in [0.4, 0.5) is 11.4 Å². The Labute approximate surface area is 273 Å². The fourth-order valence-electron chi connectivity index (χ4n) is 7.81. The van der Waals surface area contributed by atoms with Crippen molar-refractivity contribution in [3.63, 3.8) is 0 Å². The Hall–Kier alpha value is -2.03. The third kappa shape index (κ3) is 5.02. The summed E-state index contributed by atoms with van der Waals surface area (Å²) in [5.41, 5.74) is 15.3. The summed E-state index contributed by atoms with van der Waals surface area (Å²) in [4.78, 5) is 4.32. The van der Waals surface area contributed by atoms with Crippen LogP contribution in [-0.2, 0) is 13.9 Å². The van der Waals surface area contributed by atoms with Crippen molar-refractivity contribution in [1.29, 1.82) is 0 Å². The first-order valence-corrected chi connectivity index (χ1v) is 38.2. The Kier molecular flexibility index (Phi) is 8.45. The first kappa shape index (κ1) is 31.9. The molecule has 2 unspecified atom stereocenters. The van der Waals surface area contributed by atoms with Crippen LogP contribution in [0.25, 0.3) is 34.4 Å². The predicted molar refractivity (Wildman–Crippen MR) is 196 cm³/mol. The van der Waals surface area contributed by atoms with E-state index in [-0.39, 0.29) is 7.25 Å². The second kappa shape index (κ2) is 11.6. The van der Waals surface area contributed by atoms with Crippen LogP contribution in [0.1, 0.15) is 43.4 Å². The molecule has 2 aliphatic carbocycles. The fraction of sp³-hybridized carbons (Fsp3) is 0.263. The Bertz CT molecular complexity index is 1710. The molecule has 0 aliphatic heterocycles. The quantitative estimate of drug-likeness (QED) is 0.173. The number of hydrogen-bond acceptors (Lipinski definition) is 2. The third-order valence-electron chi connectivity index (χ3n) is 10.1. The van der Waals surface area contributed by atoms with E-state index in [1.165, 1.54) is 67.0 Å². The average molecular weight is 763 g/mol. The van der Waals surface area contributed by atoms with Gasteiger partial charge < -0.3 is 0 Å². The normalized spacial score (nSPS) is 18.3. The van der Waals surface area contributed by atoms with Gasteiger partial charge in [0.15, 0.2) is 0 Å². The van der Waals surface area contributed by atoms with Crippen molar-refractivity contribution in [2.75, 3.05) is 38.0 Å². The first-order chi connectivity index (χ1) is 20.8. The van der Waals surface area contributed by atoms with Crippen molar-refractivity contribution in [2.24, 2.45) is 0 Å². The number of allylic oxidation sites excluding steroid dienone is 2. The summed E-state index contributed by atoms with van der Waals surface area (Å²) in [5.74, 6) is 4.92. The van der Waals surface area contributed by atoms with Crippen LogP contribution in [0.2, 0.25) is 11.5 Å². The van der Waals surface area contributed by atoms with Gasteiger partial charge in [-0.25, -0.2) is 0 Å². The Morgan fingerprint density at radius 3 is 1.34 bits per heavy atom. The molecule has 0 spiro atoms. The zero-order chi connectivity index (χ0) is 31.6. The minimum atomic E-state index is -4.68. The molecule has 6 rings (SSSR count). The maximum absolute atomic E-state index is 8.48. The maximum atomic E-state index is 8.48. The molecular weight excluding hydrogens is 719 g/mol. The molecule has 2 aliphatic rings. The molecule has 0 saturated carbocycles. The van der Waals surface area contributed by atoms with E-state index in [2.05, 4.69) is 160 Å². The number of hydrogen-bond donors (Lipinski definition) is 0. The van der Waals surface area contributed by atoms with Gasteiger partial charge in [0.05, 0.1) is 0 Å². The van der Waals surface area contributed by atoms with E-state index < -0.39 is 24.4 Å². The molecule has 0 bridgehead atoms. The van der Waals surface area contributed by atoms with Crippen molar-refractivity contribution in [2.45, 2.75) is 32.6 Å². The van der Waals surface area contributed by atoms with E-state index in [4.69, 9.17) is 17.0 Å². The monoisotopic (exact) mass is 761 g/mol. The fourth-order valence-corrected chi connectivity index (χ4v) is 55.1. The average Bonchev–Trinajstić information content (AvgIpc) is 3.53. The molecule has 44 heavy (non-hydrogen) atoms. The zero-order valence-corrected chi connectivity index (χ0v) is 33.5. The second-order valence-corrected chi connectivity index (χ2v) is 77.6. The number of halogens is 2. The van der Waals surface area contributed by atoms with Crippen molar-refractivity contribution in [3.8, 4) is 22.3 Å². The van der Waals surface area contributed by atoms with E-state index in [9.17, 15) is 0 Å². The van der Waals surface area contributed by atoms with E-state index in [1.54, 1.807) is 0 Å². The number of benzene rings is 4. The molecule has 2 nitrogen and oxygen atoms in total. The molecule has 0 fully saturated rings. The SMILES string of the molecule is CC1=Cc2c(-c3cccc(N(C)C)c3)cccc2[CH]1[Zr]([Cl])([Cl])([CH]1C(C)=Cc2c(-c3cccc(N(C)C)c3)cccc21)[GeH]([CH3])[CH3]. The minimum absolute atomic E-state index is 0.103. The summed E-state index contributed by atoms with van der Waals surface area (Å²) >= 11 is -4.68. The van der Waals surface area contributed by atoms with Gasteiger partial charge in [-0.1, -0.05) is 0 Å². The van der Waals surface area contributed by atoms with Crippen molar-refractivity contribution in [1.82, 2.24) is 0 Å². The molecule has 0 radical (unpaired) electrons. The van der Waals surface area contributed by atoms with Gasteiger partial charge in [-0.2, -0.15) is 0 Å². The van der Waals surface area contributed by atoms with Crippen LogP contribution in [0.15, 0.2) is 96.1 Å². The summed E-state index contributed by atoms with van der Waals surface area (Å²) in [6.45, 7) is 4.57. The standard InChI is InChI=1S/2C18H18N.C2H7Ge.2ClH.Zr/c2*1-13-10-14-7-5-9-17(18(14)11-13)15-6-4-8-16(12-15)19(2)3;1-3-2;;;/h2*4-12H,1-3H3;3H,1-2H3;2*1H;/q;;;;;+2/p-2. The Balaban J connectivity index is 1.52. The zero-order valence-electron chi connectivity index (χ0n) is 27.1. The number of anilines is 2. The number of fused-ring (bicyclic) bond motifs is 2. The molecule has 4 aromatic rings. The van der Waals surface area contributed by atoms with Crippen molar-refractivity contribution < 1.29 is 13.9 Å². The number of rotatable bonds is 7. The summed E-state index contributed by atoms with van der Waals surface area (Å²) in [5, 5.41) is 0. The first-order valence-electron chi connectivity index (χ1n) is 15.6. The topological polar surface area (TPSA) is 6.48 Å². The Morgan fingerprint density at radius 2 is 0.977 bits per heavy atom. The molecule has 4 aromatic carbocycles. The van der Waals surface area contributed by atoms with Gasteiger partial charge in [-0.05, 0) is 0 Å². The van der Waals surface area contributed by atoms with Crippen molar-refractivity contribution >= 4 is 51.1 Å². The summed E-state index contributed by atoms with van der Waals surface area (Å²) in [7, 11) is 23.1. The van der Waals surface area contributed by atoms with Crippen LogP contribution >= 0.6 is 17.0 Å². The van der Waals surface area contributed by atoms with Crippen LogP contribution in [0.3, 0.4) is 0 Å². The summed E-state index contributed by atoms with van der Waals surface area (Å²) in [6, 6.07) is 31.2. The van der Waals surface area contributed by atoms with Gasteiger partial charge in [0, 0.05) is 0 Å². The predicted octanol–water partition coefficient (Wildman–Crippen LogP) is 10.7. The van der Waals surface area contributed by atoms with E-state index in [1.807, 2.05) is 0 Å². The second-order valence-electron chi connectivity index (χ2n) is 13.5. The van der Waals surface area contributed by atoms with E-state index in [0.717, 1.165) is 0 Å². The van der Waals surface area contributed by atoms with Crippen LogP contribution in [-0.4, -0.2) is 38.7 Å². The van der Waals surface area contributed by atoms with E-state index >= 15 is 0 Å². The molecule has 0 heterocycles. The van der Waals surface area contributed by atoms with Crippen LogP contribution < -0.4 is 9.80 Å². The molecule has 0 saturated heterocycles. The van der Waals surface area contributed by atoms with Gasteiger partial charge in [-0.15, -0.1) is 0 Å². The van der Waals surface area contributed by atoms with Gasteiger partial charge in [0.1, 0.15) is 0 Å². The molecule has 0 N–H and O–H groups in total.